The molecular weight excluding hydrogens is 310 g/mol. The molecule has 24 heavy (non-hydrogen) atoms. The van der Waals surface area contributed by atoms with Crippen molar-refractivity contribution in [2.45, 2.75) is 6.92 Å². The minimum atomic E-state index is -0.616. The summed E-state index contributed by atoms with van der Waals surface area (Å²) < 4.78 is 15.2. The van der Waals surface area contributed by atoms with E-state index in [9.17, 15) is 9.59 Å². The van der Waals surface area contributed by atoms with E-state index in [0.717, 1.165) is 16.5 Å². The van der Waals surface area contributed by atoms with Crippen molar-refractivity contribution in [1.29, 1.82) is 0 Å². The average Bonchev–Trinajstić information content (AvgIpc) is 2.57. The lowest BCUT2D eigenvalue weighted by Crippen LogP contribution is -2.30. The van der Waals surface area contributed by atoms with Crippen LogP contribution < -0.4 is 14.8 Å². The second kappa shape index (κ2) is 8.01. The minimum Gasteiger partial charge on any atom is -0.497 e. The van der Waals surface area contributed by atoms with E-state index in [0.29, 0.717) is 11.3 Å². The minimum absolute atomic E-state index is 0.0539. The highest BCUT2D eigenvalue weighted by Gasteiger charge is 2.07. The van der Waals surface area contributed by atoms with E-state index in [2.05, 4.69) is 11.9 Å². The number of carbonyl (C=O) groups is 2. The standard InChI is InChI=1S/C18H19NO5/c1-12(2)17(20)23-9-8-19-18(21)24-16-7-5-13-10-15(22-3)6-4-14(13)11-16/h4-7,10-11H,1,8-9H2,2-3H3,(H,19,21). The molecule has 6 nitrogen and oxygen atoms in total. The van der Waals surface area contributed by atoms with Crippen LogP contribution in [0.5, 0.6) is 11.5 Å². The number of methoxy groups -OCH3 is 1. The van der Waals surface area contributed by atoms with Gasteiger partial charge in [0.1, 0.15) is 18.1 Å². The second-order valence-electron chi connectivity index (χ2n) is 5.11. The molecule has 0 aliphatic carbocycles. The van der Waals surface area contributed by atoms with Gasteiger partial charge in [0.25, 0.3) is 0 Å². The first-order valence-corrected chi connectivity index (χ1v) is 7.35. The zero-order valence-electron chi connectivity index (χ0n) is 13.6. The average molecular weight is 329 g/mol. The molecule has 2 rings (SSSR count). The monoisotopic (exact) mass is 329 g/mol. The summed E-state index contributed by atoms with van der Waals surface area (Å²) in [7, 11) is 1.61. The topological polar surface area (TPSA) is 73.9 Å². The lowest BCUT2D eigenvalue weighted by molar-refractivity contribution is -0.138. The van der Waals surface area contributed by atoms with E-state index >= 15 is 0 Å². The normalized spacial score (nSPS) is 10.1. The summed E-state index contributed by atoms with van der Waals surface area (Å²) in [4.78, 5) is 22.9. The molecule has 2 aromatic rings. The van der Waals surface area contributed by atoms with E-state index in [1.54, 1.807) is 26.2 Å². The van der Waals surface area contributed by atoms with Gasteiger partial charge in [-0.1, -0.05) is 18.7 Å². The number of ether oxygens (including phenoxy) is 3. The van der Waals surface area contributed by atoms with E-state index in [1.165, 1.54) is 0 Å². The molecule has 0 saturated heterocycles. The molecule has 0 aliphatic rings. The molecule has 0 fully saturated rings. The lowest BCUT2D eigenvalue weighted by atomic mass is 10.1. The molecule has 6 heteroatoms. The van der Waals surface area contributed by atoms with Crippen molar-refractivity contribution >= 4 is 22.8 Å². The van der Waals surface area contributed by atoms with Gasteiger partial charge in [-0.3, -0.25) is 0 Å². The third-order valence-electron chi connectivity index (χ3n) is 3.18. The Morgan fingerprint density at radius 1 is 1.08 bits per heavy atom. The second-order valence-corrected chi connectivity index (χ2v) is 5.11. The first-order chi connectivity index (χ1) is 11.5. The summed E-state index contributed by atoms with van der Waals surface area (Å²) in [5.41, 5.74) is 0.311. The summed E-state index contributed by atoms with van der Waals surface area (Å²) in [6, 6.07) is 10.9. The van der Waals surface area contributed by atoms with Gasteiger partial charge in [-0.2, -0.15) is 0 Å². The zero-order chi connectivity index (χ0) is 17.5. The smallest absolute Gasteiger partial charge is 0.412 e. The molecule has 2 aromatic carbocycles. The number of nitrogens with one attached hydrogen (secondary N) is 1. The highest BCUT2D eigenvalue weighted by molar-refractivity contribution is 5.87. The molecule has 0 spiro atoms. The number of esters is 1. The van der Waals surface area contributed by atoms with Crippen LogP contribution in [-0.2, 0) is 9.53 Å². The molecule has 0 unspecified atom stereocenters. The van der Waals surface area contributed by atoms with Crippen LogP contribution in [0.3, 0.4) is 0 Å². The first-order valence-electron chi connectivity index (χ1n) is 7.35. The van der Waals surface area contributed by atoms with Gasteiger partial charge < -0.3 is 19.5 Å². The number of hydrogen-bond donors (Lipinski definition) is 1. The Hall–Kier alpha value is -3.02. The largest absolute Gasteiger partial charge is 0.497 e. The molecule has 0 radical (unpaired) electrons. The predicted molar refractivity (Wildman–Crippen MR) is 90.3 cm³/mol. The number of hydrogen-bond acceptors (Lipinski definition) is 5. The fourth-order valence-corrected chi connectivity index (χ4v) is 1.96. The maximum Gasteiger partial charge on any atom is 0.412 e. The van der Waals surface area contributed by atoms with Gasteiger partial charge >= 0.3 is 12.1 Å². The van der Waals surface area contributed by atoms with Crippen LogP contribution in [0.15, 0.2) is 48.6 Å². The summed E-state index contributed by atoms with van der Waals surface area (Å²) >= 11 is 0. The molecular formula is C18H19NO5. The SMILES string of the molecule is C=C(C)C(=O)OCCNC(=O)Oc1ccc2cc(OC)ccc2c1. The van der Waals surface area contributed by atoms with Gasteiger partial charge in [-0.05, 0) is 42.0 Å². The first kappa shape index (κ1) is 17.3. The van der Waals surface area contributed by atoms with Crippen molar-refractivity contribution in [3.8, 4) is 11.5 Å². The molecule has 0 aliphatic heterocycles. The molecule has 1 N–H and O–H groups in total. The predicted octanol–water partition coefficient (Wildman–Crippen LogP) is 3.06. The fraction of sp³-hybridized carbons (Fsp3) is 0.222. The van der Waals surface area contributed by atoms with Gasteiger partial charge in [0, 0.05) is 5.57 Å². The Morgan fingerprint density at radius 3 is 2.33 bits per heavy atom. The summed E-state index contributed by atoms with van der Waals surface area (Å²) in [5, 5.41) is 4.41. The third-order valence-corrected chi connectivity index (χ3v) is 3.18. The van der Waals surface area contributed by atoms with Crippen molar-refractivity contribution in [3.63, 3.8) is 0 Å². The van der Waals surface area contributed by atoms with Gasteiger partial charge in [-0.25, -0.2) is 9.59 Å². The van der Waals surface area contributed by atoms with Gasteiger partial charge in [0.2, 0.25) is 0 Å². The van der Waals surface area contributed by atoms with Gasteiger partial charge in [0.15, 0.2) is 0 Å². The van der Waals surface area contributed by atoms with Crippen LogP contribution in [0.25, 0.3) is 10.8 Å². The van der Waals surface area contributed by atoms with Crippen molar-refractivity contribution in [3.05, 3.63) is 48.6 Å². The van der Waals surface area contributed by atoms with Crippen LogP contribution in [0.4, 0.5) is 4.79 Å². The van der Waals surface area contributed by atoms with Crippen molar-refractivity contribution in [1.82, 2.24) is 5.32 Å². The number of rotatable bonds is 6. The quantitative estimate of drug-likeness (QED) is 0.501. The van der Waals surface area contributed by atoms with Crippen LogP contribution in [-0.4, -0.2) is 32.3 Å². The lowest BCUT2D eigenvalue weighted by Gasteiger charge is -2.08. The Kier molecular flexibility index (Phi) is 5.78. The Balaban J connectivity index is 1.86. The molecule has 126 valence electrons. The molecule has 1 amide bonds. The molecule has 0 atom stereocenters. The highest BCUT2D eigenvalue weighted by atomic mass is 16.6. The van der Waals surface area contributed by atoms with E-state index in [1.807, 2.05) is 24.3 Å². The number of benzene rings is 2. The number of amides is 1. The van der Waals surface area contributed by atoms with Crippen LogP contribution in [0.2, 0.25) is 0 Å². The van der Waals surface area contributed by atoms with E-state index < -0.39 is 12.1 Å². The van der Waals surface area contributed by atoms with Crippen molar-refractivity contribution in [2.24, 2.45) is 0 Å². The van der Waals surface area contributed by atoms with Crippen LogP contribution in [0.1, 0.15) is 6.92 Å². The van der Waals surface area contributed by atoms with Crippen molar-refractivity contribution < 1.29 is 23.8 Å². The van der Waals surface area contributed by atoms with Crippen molar-refractivity contribution in [2.75, 3.05) is 20.3 Å². The fourth-order valence-electron chi connectivity index (χ4n) is 1.96. The molecule has 0 saturated carbocycles. The summed E-state index contributed by atoms with van der Waals surface area (Å²) in [5.74, 6) is 0.692. The number of carbonyl (C=O) groups excluding carboxylic acids is 2. The van der Waals surface area contributed by atoms with Gasteiger partial charge in [0.05, 0.1) is 13.7 Å². The Labute approximate surface area is 140 Å². The summed E-state index contributed by atoms with van der Waals surface area (Å²) in [6.45, 7) is 5.23. The molecule has 0 aromatic heterocycles. The highest BCUT2D eigenvalue weighted by Crippen LogP contribution is 2.24. The molecule has 0 bridgehead atoms. The summed E-state index contributed by atoms with van der Waals surface area (Å²) in [6.07, 6.45) is -0.616. The third kappa shape index (κ3) is 4.74. The van der Waals surface area contributed by atoms with Gasteiger partial charge in [-0.15, -0.1) is 0 Å². The zero-order valence-corrected chi connectivity index (χ0v) is 13.6. The molecule has 0 heterocycles. The van der Waals surface area contributed by atoms with Crippen LogP contribution in [0, 0.1) is 0 Å². The van der Waals surface area contributed by atoms with E-state index in [4.69, 9.17) is 14.2 Å². The number of fused-ring (bicyclic) bond motifs is 1. The Morgan fingerprint density at radius 2 is 1.71 bits per heavy atom. The Bertz CT molecular complexity index is 769. The maximum absolute atomic E-state index is 11.7. The van der Waals surface area contributed by atoms with Crippen LogP contribution >= 0.6 is 0 Å². The van der Waals surface area contributed by atoms with E-state index in [-0.39, 0.29) is 13.2 Å². The maximum atomic E-state index is 11.7.